The van der Waals surface area contributed by atoms with E-state index in [9.17, 15) is 0 Å². The lowest BCUT2D eigenvalue weighted by molar-refractivity contribution is 0.295. The number of hydrogen-bond acceptors (Lipinski definition) is 6. The van der Waals surface area contributed by atoms with Crippen molar-refractivity contribution in [2.45, 2.75) is 350 Å². The first-order valence-electron chi connectivity index (χ1n) is 43.6. The van der Waals surface area contributed by atoms with Crippen molar-refractivity contribution < 1.29 is 28.4 Å². The van der Waals surface area contributed by atoms with Gasteiger partial charge in [0.1, 0.15) is 34.5 Å². The molecule has 5 aromatic rings. The second kappa shape index (κ2) is 62.0. The summed E-state index contributed by atoms with van der Waals surface area (Å²) in [6, 6.07) is 34.7. The van der Waals surface area contributed by atoms with Crippen LogP contribution in [-0.4, -0.2) is 39.6 Å². The maximum atomic E-state index is 7.08. The van der Waals surface area contributed by atoms with Crippen molar-refractivity contribution in [3.05, 3.63) is 142 Å². The molecule has 0 radical (unpaired) electrons. The highest BCUT2D eigenvalue weighted by atomic mass is 16.5. The van der Waals surface area contributed by atoms with Crippen LogP contribution in [0.5, 0.6) is 34.5 Å². The van der Waals surface area contributed by atoms with Gasteiger partial charge in [0.15, 0.2) is 0 Å². The van der Waals surface area contributed by atoms with Crippen molar-refractivity contribution in [1.29, 1.82) is 0 Å². The quantitative estimate of drug-likeness (QED) is 0.0286. The summed E-state index contributed by atoms with van der Waals surface area (Å²) in [4.78, 5) is 0. The number of hydrogen-bond donors (Lipinski definition) is 0. The maximum Gasteiger partial charge on any atom is 0.127 e. The molecule has 0 saturated carbocycles. The van der Waals surface area contributed by atoms with Crippen LogP contribution in [0.15, 0.2) is 97.1 Å². The molecule has 0 amide bonds. The molecule has 0 aromatic heterocycles. The SMILES string of the molecule is CCCCCCCCCCOc1cc(/C=C/c2cc(OCCCCCCCCCC)c(/C=C/c3cc(OCCCCCCCCCC)c(/C=C/c4ccccc4)cc3OCCCCCCCCCC)cc2OCCCCCCCCCC)c(OCCCCCCCCCC)cc1/C=C/c1ccccc1. The van der Waals surface area contributed by atoms with Crippen molar-refractivity contribution in [2.75, 3.05) is 39.6 Å². The predicted molar refractivity (Wildman–Crippen MR) is 457 cm³/mol. The van der Waals surface area contributed by atoms with Crippen LogP contribution in [0.1, 0.15) is 394 Å². The minimum atomic E-state index is 0.637. The fourth-order valence-electron chi connectivity index (χ4n) is 13.7. The third-order valence-corrected chi connectivity index (χ3v) is 20.4. The highest BCUT2D eigenvalue weighted by Gasteiger charge is 2.17. The lowest BCUT2D eigenvalue weighted by atomic mass is 10.0. The molecule has 578 valence electrons. The van der Waals surface area contributed by atoms with Crippen LogP contribution in [0.25, 0.3) is 48.6 Å². The maximum absolute atomic E-state index is 7.08. The fourth-order valence-corrected chi connectivity index (χ4v) is 13.7. The summed E-state index contributed by atoms with van der Waals surface area (Å²) in [5, 5.41) is 0. The summed E-state index contributed by atoms with van der Waals surface area (Å²) in [6.07, 6.45) is 77.6. The Kier molecular flexibility index (Phi) is 52.7. The van der Waals surface area contributed by atoms with E-state index >= 15 is 0 Å². The Balaban J connectivity index is 1.64. The van der Waals surface area contributed by atoms with Gasteiger partial charge in [0.2, 0.25) is 0 Å². The molecule has 5 aromatic carbocycles. The highest BCUT2D eigenvalue weighted by molar-refractivity contribution is 5.84. The molecule has 0 heterocycles. The third kappa shape index (κ3) is 41.7. The van der Waals surface area contributed by atoms with E-state index in [1.807, 2.05) is 0 Å². The van der Waals surface area contributed by atoms with E-state index < -0.39 is 0 Å². The minimum Gasteiger partial charge on any atom is -0.493 e. The Morgan fingerprint density at radius 1 is 0.173 bits per heavy atom. The largest absolute Gasteiger partial charge is 0.493 e. The number of benzene rings is 5. The normalized spacial score (nSPS) is 11.8. The lowest BCUT2D eigenvalue weighted by Crippen LogP contribution is -2.04. The van der Waals surface area contributed by atoms with Crippen molar-refractivity contribution in [3.63, 3.8) is 0 Å². The Morgan fingerprint density at radius 2 is 0.317 bits per heavy atom. The second-order valence-electron chi connectivity index (χ2n) is 29.9. The zero-order valence-corrected chi connectivity index (χ0v) is 67.5. The average Bonchev–Trinajstić information content (AvgIpc) is 0.809. The Morgan fingerprint density at radius 3 is 0.481 bits per heavy atom. The molecule has 104 heavy (non-hydrogen) atoms. The molecule has 0 saturated heterocycles. The van der Waals surface area contributed by atoms with E-state index in [0.29, 0.717) is 39.6 Å². The molecule has 6 heteroatoms. The molecule has 0 bridgehead atoms. The minimum absolute atomic E-state index is 0.637. The molecule has 0 aliphatic heterocycles. The fraction of sp³-hybridized carbons (Fsp3) is 0.612. The zero-order valence-electron chi connectivity index (χ0n) is 67.5. The first-order valence-corrected chi connectivity index (χ1v) is 43.6. The van der Waals surface area contributed by atoms with E-state index in [-0.39, 0.29) is 0 Å². The standard InChI is InChI=1S/C98H150O6/c1-7-13-19-25-31-37-43-55-73-99-93-81-89(95(101-75-57-45-39-33-27-21-15-9-3)79-87(93)67-65-85-61-51-49-52-62-85)69-71-91-83-98(104-78-60-48-42-36-30-24-18-12-6)92(84-97(91)103-77-59-47-41-35-29-23-17-11-5)72-70-90-82-94(100-74-56-44-38-32-26-20-14-8-2)88(68-66-86-63-53-50-54-64-86)80-96(90)102-76-58-46-40-34-28-22-16-10-4/h49-54,61-72,79-84H,7-48,55-60,73-78H2,1-6H3/b67-65+,68-66+,71-69+,72-70+. The molecule has 0 unspecified atom stereocenters. The molecule has 0 N–H and O–H groups in total. The van der Waals surface area contributed by atoms with Crippen LogP contribution in [0.2, 0.25) is 0 Å². The third-order valence-electron chi connectivity index (χ3n) is 20.4. The van der Waals surface area contributed by atoms with E-state index in [2.05, 4.69) is 187 Å². The monoisotopic (exact) mass is 1420 g/mol. The first kappa shape index (κ1) is 88.5. The molecule has 0 atom stereocenters. The van der Waals surface area contributed by atoms with Crippen molar-refractivity contribution in [1.82, 2.24) is 0 Å². The van der Waals surface area contributed by atoms with Crippen LogP contribution in [0.4, 0.5) is 0 Å². The summed E-state index contributed by atoms with van der Waals surface area (Å²) in [5.74, 6) is 5.19. The molecule has 5 rings (SSSR count). The van der Waals surface area contributed by atoms with Crippen molar-refractivity contribution in [2.24, 2.45) is 0 Å². The molecular formula is C98H150O6. The van der Waals surface area contributed by atoms with Crippen LogP contribution >= 0.6 is 0 Å². The lowest BCUT2D eigenvalue weighted by Gasteiger charge is -2.17. The predicted octanol–water partition coefficient (Wildman–Crippen LogP) is 31.5. The van der Waals surface area contributed by atoms with Gasteiger partial charge < -0.3 is 28.4 Å². The van der Waals surface area contributed by atoms with Crippen LogP contribution in [-0.2, 0) is 0 Å². The first-order chi connectivity index (χ1) is 51.5. The average molecular weight is 1420 g/mol. The van der Waals surface area contributed by atoms with E-state index in [1.54, 1.807) is 0 Å². The van der Waals surface area contributed by atoms with Crippen LogP contribution < -0.4 is 28.4 Å². The van der Waals surface area contributed by atoms with Crippen LogP contribution in [0.3, 0.4) is 0 Å². The van der Waals surface area contributed by atoms with Gasteiger partial charge in [-0.05, 0) is 86.1 Å². The van der Waals surface area contributed by atoms with Crippen molar-refractivity contribution in [3.8, 4) is 34.5 Å². The topological polar surface area (TPSA) is 55.4 Å². The van der Waals surface area contributed by atoms with Crippen molar-refractivity contribution >= 4 is 48.6 Å². The molecule has 0 spiro atoms. The summed E-state index contributed by atoms with van der Waals surface area (Å²) in [6.45, 7) is 17.7. The smallest absolute Gasteiger partial charge is 0.127 e. The molecule has 0 fully saturated rings. The Labute approximate surface area is 638 Å². The van der Waals surface area contributed by atoms with Gasteiger partial charge in [-0.2, -0.15) is 0 Å². The van der Waals surface area contributed by atoms with Gasteiger partial charge in [-0.3, -0.25) is 0 Å². The second-order valence-corrected chi connectivity index (χ2v) is 29.9. The van der Waals surface area contributed by atoms with Gasteiger partial charge in [-0.1, -0.05) is 420 Å². The summed E-state index contributed by atoms with van der Waals surface area (Å²) >= 11 is 0. The summed E-state index contributed by atoms with van der Waals surface area (Å²) < 4.78 is 41.8. The van der Waals surface area contributed by atoms with Gasteiger partial charge in [0.25, 0.3) is 0 Å². The number of unbranched alkanes of at least 4 members (excludes halogenated alkanes) is 42. The molecule has 6 nitrogen and oxygen atoms in total. The van der Waals surface area contributed by atoms with Gasteiger partial charge in [-0.15, -0.1) is 0 Å². The molecule has 0 aliphatic carbocycles. The van der Waals surface area contributed by atoms with Gasteiger partial charge in [0.05, 0.1) is 39.6 Å². The highest BCUT2D eigenvalue weighted by Crippen LogP contribution is 2.38. The summed E-state index contributed by atoms with van der Waals surface area (Å²) in [7, 11) is 0. The summed E-state index contributed by atoms with van der Waals surface area (Å²) in [5.41, 5.74) is 8.32. The van der Waals surface area contributed by atoms with E-state index in [1.165, 1.54) is 257 Å². The number of rotatable bonds is 68. The van der Waals surface area contributed by atoms with E-state index in [0.717, 1.165) is 130 Å². The van der Waals surface area contributed by atoms with Gasteiger partial charge in [0, 0.05) is 33.4 Å². The van der Waals surface area contributed by atoms with Gasteiger partial charge >= 0.3 is 0 Å². The molecular weight excluding hydrogens is 1270 g/mol. The van der Waals surface area contributed by atoms with E-state index in [4.69, 9.17) is 28.4 Å². The molecule has 0 aliphatic rings. The zero-order chi connectivity index (χ0) is 73.5. The number of ether oxygens (including phenoxy) is 6. The van der Waals surface area contributed by atoms with Crippen LogP contribution in [0, 0.1) is 0 Å². The Bertz CT molecular complexity index is 2770. The Hall–Kier alpha value is -6.14. The van der Waals surface area contributed by atoms with Gasteiger partial charge in [-0.25, -0.2) is 0 Å².